The zero-order valence-electron chi connectivity index (χ0n) is 15.1. The van der Waals surface area contributed by atoms with Gasteiger partial charge in [0.2, 0.25) is 0 Å². The normalized spacial score (nSPS) is 11.3. The molecular weight excluding hydrogens is 376 g/mol. The van der Waals surface area contributed by atoms with Crippen LogP contribution >= 0.6 is 0 Å². The van der Waals surface area contributed by atoms with Crippen LogP contribution in [0.1, 0.15) is 17.3 Å². The number of amides is 2. The number of hydrogen-bond donors (Lipinski definition) is 1. The van der Waals surface area contributed by atoms with Gasteiger partial charge in [-0.15, -0.1) is 0 Å². The van der Waals surface area contributed by atoms with Gasteiger partial charge < -0.3 is 0 Å². The van der Waals surface area contributed by atoms with Crippen LogP contribution in [0.4, 0.5) is 5.69 Å². The first-order valence-electron chi connectivity index (χ1n) is 8.21. The van der Waals surface area contributed by atoms with Crippen molar-refractivity contribution in [1.29, 1.82) is 0 Å². The van der Waals surface area contributed by atoms with E-state index in [2.05, 4.69) is 6.04 Å². The summed E-state index contributed by atoms with van der Waals surface area (Å²) in [6, 6.07) is 16.1. The van der Waals surface area contributed by atoms with E-state index in [1.165, 1.54) is 24.3 Å². The summed E-state index contributed by atoms with van der Waals surface area (Å²) in [7, 11) is -4.26. The van der Waals surface area contributed by atoms with Crippen LogP contribution in [0.3, 0.4) is 0 Å². The van der Waals surface area contributed by atoms with Crippen molar-refractivity contribution in [3.63, 3.8) is 0 Å². The van der Waals surface area contributed by atoms with Crippen molar-refractivity contribution in [1.82, 2.24) is 4.72 Å². The van der Waals surface area contributed by atoms with Gasteiger partial charge in [0.05, 0.1) is 5.69 Å². The van der Waals surface area contributed by atoms with Crippen LogP contribution in [-0.2, 0) is 14.8 Å². The maximum atomic E-state index is 12.7. The summed E-state index contributed by atoms with van der Waals surface area (Å²) in [6.45, 7) is 1.76. The second-order valence-corrected chi connectivity index (χ2v) is 7.11. The van der Waals surface area contributed by atoms with Gasteiger partial charge >= 0.3 is 0 Å². The third-order valence-electron chi connectivity index (χ3n) is 3.53. The Kier molecular flexibility index (Phi) is 6.90. The van der Waals surface area contributed by atoms with E-state index in [4.69, 9.17) is 6.42 Å². The predicted octanol–water partition coefficient (Wildman–Crippen LogP) is 2.86. The molecule has 2 rings (SSSR count). The van der Waals surface area contributed by atoms with Crippen molar-refractivity contribution < 1.29 is 18.0 Å². The van der Waals surface area contributed by atoms with Crippen LogP contribution in [0.5, 0.6) is 0 Å². The highest BCUT2D eigenvalue weighted by Gasteiger charge is 2.26. The molecule has 6 nitrogen and oxygen atoms in total. The summed E-state index contributed by atoms with van der Waals surface area (Å²) in [4.78, 5) is 25.2. The lowest BCUT2D eigenvalue weighted by molar-refractivity contribution is -0.114. The lowest BCUT2D eigenvalue weighted by Crippen LogP contribution is -2.32. The number of allylic oxidation sites excluding steroid dienone is 3. The first-order chi connectivity index (χ1) is 13.4. The summed E-state index contributed by atoms with van der Waals surface area (Å²) in [5, 5.41) is 0. The summed E-state index contributed by atoms with van der Waals surface area (Å²) < 4.78 is 27.3. The number of nitrogens with zero attached hydrogens (tertiary/aromatic N) is 1. The zero-order chi connectivity index (χ0) is 20.6. The Hall–Kier alpha value is -3.63. The molecule has 0 aromatic heterocycles. The molecule has 0 aliphatic rings. The van der Waals surface area contributed by atoms with Crippen molar-refractivity contribution >= 4 is 27.5 Å². The molecule has 0 spiro atoms. The maximum Gasteiger partial charge on any atom is 0.270 e. The first-order valence-corrected chi connectivity index (χ1v) is 9.70. The molecule has 0 fully saturated rings. The Morgan fingerprint density at radius 3 is 2.32 bits per heavy atom. The van der Waals surface area contributed by atoms with Gasteiger partial charge in [0.1, 0.15) is 4.90 Å². The largest absolute Gasteiger partial charge is 0.270 e. The lowest BCUT2D eigenvalue weighted by Gasteiger charge is -2.19. The van der Waals surface area contributed by atoms with Gasteiger partial charge in [-0.25, -0.2) is 18.0 Å². The summed E-state index contributed by atoms with van der Waals surface area (Å²) in [6.07, 6.45) is 11.2. The van der Waals surface area contributed by atoms with Crippen LogP contribution in [0.25, 0.3) is 0 Å². The standard InChI is InChI=1S/C21H18N2O4S/c1-3-5-7-16-20(24)22-28(26,27)19-15-11-10-14-18(19)23(4-2)21(25)17-12-8-6-9-13-17/h2-3,5-16H,1H3,(H,22,24). The van der Waals surface area contributed by atoms with Crippen molar-refractivity contribution in [3.05, 3.63) is 84.5 Å². The highest BCUT2D eigenvalue weighted by atomic mass is 32.2. The van der Waals surface area contributed by atoms with E-state index in [1.807, 2.05) is 4.72 Å². The van der Waals surface area contributed by atoms with Crippen molar-refractivity contribution in [2.45, 2.75) is 11.8 Å². The number of carbonyl (C=O) groups is 2. The molecule has 0 radical (unpaired) electrons. The molecule has 0 bridgehead atoms. The van der Waals surface area contributed by atoms with Crippen molar-refractivity contribution in [2.24, 2.45) is 0 Å². The number of terminal acetylenes is 1. The van der Waals surface area contributed by atoms with Gasteiger partial charge in [-0.3, -0.25) is 9.59 Å². The van der Waals surface area contributed by atoms with Crippen LogP contribution in [0.2, 0.25) is 0 Å². The SMILES string of the molecule is C#CN(C(=O)c1ccccc1)c1ccccc1S(=O)(=O)NC(=O)C=CC=CC. The minimum absolute atomic E-state index is 0.0309. The smallest absolute Gasteiger partial charge is 0.269 e. The van der Waals surface area contributed by atoms with E-state index in [0.717, 1.165) is 11.0 Å². The number of carbonyl (C=O) groups excluding carboxylic acids is 2. The first kappa shape index (κ1) is 20.7. The highest BCUT2D eigenvalue weighted by molar-refractivity contribution is 7.90. The quantitative estimate of drug-likeness (QED) is 0.353. The summed E-state index contributed by atoms with van der Waals surface area (Å²) in [5.74, 6) is -1.39. The fourth-order valence-corrected chi connectivity index (χ4v) is 3.43. The Morgan fingerprint density at radius 2 is 1.68 bits per heavy atom. The van der Waals surface area contributed by atoms with Crippen LogP contribution in [0.15, 0.2) is 83.8 Å². The molecule has 0 saturated heterocycles. The van der Waals surface area contributed by atoms with E-state index in [0.29, 0.717) is 5.56 Å². The Bertz CT molecular complexity index is 1070. The molecule has 0 unspecified atom stereocenters. The van der Waals surface area contributed by atoms with E-state index < -0.39 is 21.8 Å². The third kappa shape index (κ3) is 4.96. The Morgan fingerprint density at radius 1 is 1.04 bits per heavy atom. The van der Waals surface area contributed by atoms with Crippen LogP contribution in [-0.4, -0.2) is 20.2 Å². The molecule has 0 aliphatic carbocycles. The number of benzene rings is 2. The number of hydrogen-bond acceptors (Lipinski definition) is 4. The number of sulfonamides is 1. The molecule has 2 amide bonds. The van der Waals surface area contributed by atoms with Gasteiger partial charge in [0.15, 0.2) is 0 Å². The molecular formula is C21H18N2O4S. The van der Waals surface area contributed by atoms with Gasteiger partial charge in [-0.05, 0) is 31.2 Å². The minimum atomic E-state index is -4.26. The molecule has 0 atom stereocenters. The van der Waals surface area contributed by atoms with Crippen LogP contribution < -0.4 is 9.62 Å². The number of anilines is 1. The molecule has 0 aliphatic heterocycles. The Labute approximate surface area is 164 Å². The lowest BCUT2D eigenvalue weighted by atomic mass is 10.2. The topological polar surface area (TPSA) is 83.6 Å². The Balaban J connectivity index is 2.42. The van der Waals surface area contributed by atoms with E-state index in [9.17, 15) is 18.0 Å². The fourth-order valence-electron chi connectivity index (χ4n) is 2.29. The number of para-hydroxylation sites is 1. The predicted molar refractivity (Wildman–Crippen MR) is 108 cm³/mol. The van der Waals surface area contributed by atoms with E-state index in [-0.39, 0.29) is 10.6 Å². The number of rotatable bonds is 6. The van der Waals surface area contributed by atoms with Gasteiger partial charge in [-0.1, -0.05) is 55.0 Å². The highest BCUT2D eigenvalue weighted by Crippen LogP contribution is 2.26. The van der Waals surface area contributed by atoms with Gasteiger partial charge in [0, 0.05) is 17.7 Å². The zero-order valence-corrected chi connectivity index (χ0v) is 15.9. The summed E-state index contributed by atoms with van der Waals surface area (Å²) >= 11 is 0. The molecule has 28 heavy (non-hydrogen) atoms. The molecule has 1 N–H and O–H groups in total. The average molecular weight is 394 g/mol. The second-order valence-electron chi connectivity index (χ2n) is 5.46. The molecule has 0 heterocycles. The maximum absolute atomic E-state index is 12.7. The second kappa shape index (κ2) is 9.35. The van der Waals surface area contributed by atoms with Crippen molar-refractivity contribution in [2.75, 3.05) is 4.90 Å². The fraction of sp³-hybridized carbons (Fsp3) is 0.0476. The minimum Gasteiger partial charge on any atom is -0.269 e. The molecule has 7 heteroatoms. The van der Waals surface area contributed by atoms with Crippen molar-refractivity contribution in [3.8, 4) is 12.5 Å². The van der Waals surface area contributed by atoms with E-state index in [1.54, 1.807) is 55.5 Å². The molecule has 2 aromatic carbocycles. The molecule has 2 aromatic rings. The summed E-state index contributed by atoms with van der Waals surface area (Å²) in [5.41, 5.74) is 0.266. The monoisotopic (exact) mass is 394 g/mol. The third-order valence-corrected chi connectivity index (χ3v) is 4.93. The van der Waals surface area contributed by atoms with E-state index >= 15 is 0 Å². The van der Waals surface area contributed by atoms with Gasteiger partial charge in [-0.2, -0.15) is 0 Å². The molecule has 0 saturated carbocycles. The molecule has 142 valence electrons. The number of nitrogens with one attached hydrogen (secondary N) is 1. The van der Waals surface area contributed by atoms with Gasteiger partial charge in [0.25, 0.3) is 21.8 Å². The van der Waals surface area contributed by atoms with Crippen LogP contribution in [0, 0.1) is 12.5 Å². The average Bonchev–Trinajstić information content (AvgIpc) is 2.69.